The second-order valence-corrected chi connectivity index (χ2v) is 8.17. The van der Waals surface area contributed by atoms with E-state index in [2.05, 4.69) is 36.2 Å². The van der Waals surface area contributed by atoms with E-state index in [9.17, 15) is 9.18 Å². The summed E-state index contributed by atoms with van der Waals surface area (Å²) in [7, 11) is 0. The van der Waals surface area contributed by atoms with Gasteiger partial charge in [0.15, 0.2) is 17.8 Å². The summed E-state index contributed by atoms with van der Waals surface area (Å²) < 4.78 is 25.4. The molecule has 0 saturated carbocycles. The van der Waals surface area contributed by atoms with Gasteiger partial charge in [-0.15, -0.1) is 0 Å². The molecule has 0 aliphatic carbocycles. The van der Waals surface area contributed by atoms with Gasteiger partial charge in [-0.3, -0.25) is 9.78 Å². The van der Waals surface area contributed by atoms with Crippen LogP contribution in [0.25, 0.3) is 22.4 Å². The maximum absolute atomic E-state index is 13.4. The highest BCUT2D eigenvalue weighted by molar-refractivity contribution is 9.10. The molecule has 0 atom stereocenters. The third-order valence-electron chi connectivity index (χ3n) is 5.00. The number of hydrogen-bond donors (Lipinski definition) is 1. The lowest BCUT2D eigenvalue weighted by atomic mass is 10.2. The van der Waals surface area contributed by atoms with E-state index in [1.165, 1.54) is 18.5 Å². The third kappa shape index (κ3) is 4.65. The Balaban J connectivity index is 1.38. The lowest BCUT2D eigenvalue weighted by molar-refractivity contribution is 0.110. The Morgan fingerprint density at radius 3 is 2.76 bits per heavy atom. The van der Waals surface area contributed by atoms with Crippen molar-refractivity contribution in [1.29, 1.82) is 0 Å². The lowest BCUT2D eigenvalue weighted by Gasteiger charge is -2.12. The predicted molar refractivity (Wildman–Crippen MR) is 129 cm³/mol. The molecular formula is C25H16BrFN4O3. The van der Waals surface area contributed by atoms with Crippen LogP contribution in [-0.4, -0.2) is 21.2 Å². The molecule has 0 aliphatic heterocycles. The number of benzene rings is 2. The summed E-state index contributed by atoms with van der Waals surface area (Å²) in [4.78, 5) is 24.0. The number of rotatable bonds is 7. The van der Waals surface area contributed by atoms with Crippen molar-refractivity contribution >= 4 is 44.6 Å². The number of anilines is 2. The first-order valence-electron chi connectivity index (χ1n) is 10.2. The minimum absolute atomic E-state index is 0.226. The van der Waals surface area contributed by atoms with Crippen molar-refractivity contribution in [2.24, 2.45) is 0 Å². The van der Waals surface area contributed by atoms with Gasteiger partial charge in [0.25, 0.3) is 0 Å². The van der Waals surface area contributed by atoms with Gasteiger partial charge in [0, 0.05) is 11.1 Å². The van der Waals surface area contributed by atoms with E-state index in [4.69, 9.17) is 9.15 Å². The molecule has 0 bridgehead atoms. The molecule has 0 fully saturated rings. The van der Waals surface area contributed by atoms with Crippen LogP contribution in [0.5, 0.6) is 5.75 Å². The molecule has 9 heteroatoms. The lowest BCUT2D eigenvalue weighted by Crippen LogP contribution is -1.99. The molecule has 5 aromatic rings. The Bertz CT molecular complexity index is 1510. The first kappa shape index (κ1) is 21.7. The van der Waals surface area contributed by atoms with Crippen LogP contribution in [0.15, 0.2) is 82.1 Å². The summed E-state index contributed by atoms with van der Waals surface area (Å²) in [6.45, 7) is 0.244. The molecule has 1 N–H and O–H groups in total. The molecule has 168 valence electrons. The number of hydrogen-bond acceptors (Lipinski definition) is 7. The molecule has 0 unspecified atom stereocenters. The summed E-state index contributed by atoms with van der Waals surface area (Å²) in [5.74, 6) is 1.60. The average molecular weight is 519 g/mol. The van der Waals surface area contributed by atoms with Crippen LogP contribution in [0.3, 0.4) is 0 Å². The van der Waals surface area contributed by atoms with Crippen LogP contribution in [-0.2, 0) is 6.61 Å². The number of pyridine rings is 1. The van der Waals surface area contributed by atoms with Crippen LogP contribution in [0.1, 0.15) is 16.1 Å². The molecule has 0 aliphatic rings. The molecule has 2 aromatic carbocycles. The standard InChI is InChI=1S/C25H16BrFN4O3/c26-20-9-17(4-6-23(20)33-13-15-2-1-3-16(27)8-15)31-25-19-10-21(24-7-5-18(12-32)34-24)28-11-22(19)29-14-30-25/h1-12,14H,13H2,(H,29,30,31). The Morgan fingerprint density at radius 1 is 1.06 bits per heavy atom. The van der Waals surface area contributed by atoms with Gasteiger partial charge in [-0.1, -0.05) is 12.1 Å². The number of carbonyl (C=O) groups excluding carboxylic acids is 1. The number of aldehydes is 1. The van der Waals surface area contributed by atoms with Crippen LogP contribution >= 0.6 is 15.9 Å². The molecule has 5 rings (SSSR count). The van der Waals surface area contributed by atoms with Crippen LogP contribution in [0.2, 0.25) is 0 Å². The van der Waals surface area contributed by atoms with Crippen LogP contribution in [0, 0.1) is 5.82 Å². The maximum atomic E-state index is 13.4. The number of ether oxygens (including phenoxy) is 1. The number of nitrogens with zero attached hydrogens (tertiary/aromatic N) is 3. The monoisotopic (exact) mass is 518 g/mol. The van der Waals surface area contributed by atoms with Crippen molar-refractivity contribution in [3.05, 3.63) is 94.8 Å². The molecule has 0 amide bonds. The summed E-state index contributed by atoms with van der Waals surface area (Å²) in [6, 6.07) is 16.9. The Morgan fingerprint density at radius 2 is 1.97 bits per heavy atom. The van der Waals surface area contributed by atoms with Gasteiger partial charge in [0.1, 0.15) is 36.0 Å². The predicted octanol–water partition coefficient (Wildman–Crippen LogP) is 6.32. The summed E-state index contributed by atoms with van der Waals surface area (Å²) >= 11 is 3.53. The summed E-state index contributed by atoms with van der Waals surface area (Å²) in [6.07, 6.45) is 3.72. The summed E-state index contributed by atoms with van der Waals surface area (Å²) in [5.41, 5.74) is 2.71. The van der Waals surface area contributed by atoms with Crippen molar-refractivity contribution in [2.75, 3.05) is 5.32 Å². The molecule has 0 saturated heterocycles. The van der Waals surface area contributed by atoms with Gasteiger partial charge in [-0.25, -0.2) is 14.4 Å². The van der Waals surface area contributed by atoms with Crippen molar-refractivity contribution in [3.63, 3.8) is 0 Å². The molecule has 7 nitrogen and oxygen atoms in total. The minimum Gasteiger partial charge on any atom is -0.488 e. The van der Waals surface area contributed by atoms with E-state index in [1.807, 2.05) is 18.2 Å². The average Bonchev–Trinajstić information content (AvgIpc) is 3.33. The number of fused-ring (bicyclic) bond motifs is 1. The fourth-order valence-corrected chi connectivity index (χ4v) is 3.86. The fourth-order valence-electron chi connectivity index (χ4n) is 3.37. The topological polar surface area (TPSA) is 90.1 Å². The van der Waals surface area contributed by atoms with Gasteiger partial charge in [0.2, 0.25) is 0 Å². The number of halogens is 2. The van der Waals surface area contributed by atoms with Crippen molar-refractivity contribution in [3.8, 4) is 17.2 Å². The largest absolute Gasteiger partial charge is 0.488 e. The molecule has 34 heavy (non-hydrogen) atoms. The number of aromatic nitrogens is 3. The Kier molecular flexibility index (Phi) is 6.01. The molecule has 3 aromatic heterocycles. The van der Waals surface area contributed by atoms with Gasteiger partial charge in [0.05, 0.1) is 16.2 Å². The van der Waals surface area contributed by atoms with E-state index in [1.54, 1.807) is 36.5 Å². The molecular weight excluding hydrogens is 503 g/mol. The van der Waals surface area contributed by atoms with E-state index in [-0.39, 0.29) is 18.2 Å². The first-order valence-corrected chi connectivity index (χ1v) is 11.0. The fraction of sp³-hybridized carbons (Fsp3) is 0.0400. The second kappa shape index (κ2) is 9.40. The van der Waals surface area contributed by atoms with Crippen LogP contribution in [0.4, 0.5) is 15.9 Å². The Labute approximate surface area is 201 Å². The minimum atomic E-state index is -0.300. The van der Waals surface area contributed by atoms with E-state index in [0.29, 0.717) is 34.8 Å². The zero-order valence-electron chi connectivity index (χ0n) is 17.5. The quantitative estimate of drug-likeness (QED) is 0.252. The highest BCUT2D eigenvalue weighted by Gasteiger charge is 2.12. The number of nitrogens with one attached hydrogen (secondary N) is 1. The van der Waals surface area contributed by atoms with Crippen molar-refractivity contribution < 1.29 is 18.3 Å². The maximum Gasteiger partial charge on any atom is 0.185 e. The van der Waals surface area contributed by atoms with E-state index in [0.717, 1.165) is 21.1 Å². The third-order valence-corrected chi connectivity index (χ3v) is 5.61. The number of carbonyl (C=O) groups is 1. The highest BCUT2D eigenvalue weighted by Crippen LogP contribution is 2.32. The molecule has 3 heterocycles. The molecule has 0 spiro atoms. The zero-order chi connectivity index (χ0) is 23.5. The van der Waals surface area contributed by atoms with Crippen molar-refractivity contribution in [2.45, 2.75) is 6.61 Å². The van der Waals surface area contributed by atoms with Gasteiger partial charge >= 0.3 is 0 Å². The van der Waals surface area contributed by atoms with Gasteiger partial charge < -0.3 is 14.5 Å². The second-order valence-electron chi connectivity index (χ2n) is 7.32. The first-order chi connectivity index (χ1) is 16.6. The van der Waals surface area contributed by atoms with Gasteiger partial charge in [-0.05, 0) is 70.0 Å². The normalized spacial score (nSPS) is 10.9. The number of furan rings is 1. The SMILES string of the molecule is O=Cc1ccc(-c2cc3c(Nc4ccc(OCc5cccc(F)c5)c(Br)c4)ncnc3cn2)o1. The highest BCUT2D eigenvalue weighted by atomic mass is 79.9. The Hall–Kier alpha value is -4.11. The summed E-state index contributed by atoms with van der Waals surface area (Å²) in [5, 5.41) is 4.03. The van der Waals surface area contributed by atoms with Gasteiger partial charge in [-0.2, -0.15) is 0 Å². The van der Waals surface area contributed by atoms with E-state index >= 15 is 0 Å². The molecule has 0 radical (unpaired) electrons. The zero-order valence-corrected chi connectivity index (χ0v) is 19.1. The van der Waals surface area contributed by atoms with Crippen molar-refractivity contribution in [1.82, 2.24) is 15.0 Å². The van der Waals surface area contributed by atoms with E-state index < -0.39 is 0 Å². The van der Waals surface area contributed by atoms with Crippen LogP contribution < -0.4 is 10.1 Å². The smallest absolute Gasteiger partial charge is 0.185 e.